The van der Waals surface area contributed by atoms with Crippen LogP contribution in [0.4, 0.5) is 8.78 Å². The summed E-state index contributed by atoms with van der Waals surface area (Å²) in [5.41, 5.74) is 0.630. The van der Waals surface area contributed by atoms with Gasteiger partial charge in [-0.05, 0) is 29.0 Å². The van der Waals surface area contributed by atoms with Gasteiger partial charge in [0.25, 0.3) is 0 Å². The molecule has 0 amide bonds. The molecule has 0 spiro atoms. The Morgan fingerprint density at radius 3 is 2.32 bits per heavy atom. The van der Waals surface area contributed by atoms with Crippen molar-refractivity contribution in [2.45, 2.75) is 20.5 Å². The van der Waals surface area contributed by atoms with Crippen molar-refractivity contribution in [1.29, 1.82) is 0 Å². The Morgan fingerprint density at radius 1 is 1.05 bits per heavy atom. The summed E-state index contributed by atoms with van der Waals surface area (Å²) >= 11 is 0. The monoisotopic (exact) mass is 264 g/mol. The first-order valence-corrected chi connectivity index (χ1v) is 6.00. The second-order valence-electron chi connectivity index (χ2n) is 4.62. The quantitative estimate of drug-likeness (QED) is 0.770. The van der Waals surface area contributed by atoms with Crippen LogP contribution in [0, 0.1) is 5.92 Å². The van der Waals surface area contributed by atoms with Crippen LogP contribution in [-0.4, -0.2) is 12.4 Å². The normalized spacial score (nSPS) is 11.3. The molecular weight excluding hydrogens is 250 g/mol. The van der Waals surface area contributed by atoms with Crippen LogP contribution < -0.4 is 4.74 Å². The Labute approximate surface area is 110 Å². The first kappa shape index (κ1) is 13.5. The lowest BCUT2D eigenvalue weighted by Gasteiger charge is -2.08. The minimum Gasteiger partial charge on any atom is -0.435 e. The van der Waals surface area contributed by atoms with E-state index in [2.05, 4.69) is 4.74 Å². The molecule has 0 heterocycles. The number of fused-ring (bicyclic) bond motifs is 1. The Kier molecular flexibility index (Phi) is 3.79. The molecule has 2 aromatic rings. The maximum Gasteiger partial charge on any atom is 0.387 e. The van der Waals surface area contributed by atoms with Crippen LogP contribution in [0.1, 0.15) is 24.2 Å². The summed E-state index contributed by atoms with van der Waals surface area (Å²) in [6.45, 7) is 0.845. The van der Waals surface area contributed by atoms with E-state index in [0.717, 1.165) is 10.8 Å². The molecule has 2 aromatic carbocycles. The predicted octanol–water partition coefficient (Wildman–Crippen LogP) is 4.28. The van der Waals surface area contributed by atoms with Gasteiger partial charge in [0.2, 0.25) is 0 Å². The lowest BCUT2D eigenvalue weighted by atomic mass is 9.98. The molecule has 0 unspecified atom stereocenters. The maximum atomic E-state index is 12.1. The number of ketones is 1. The van der Waals surface area contributed by atoms with E-state index in [9.17, 15) is 13.6 Å². The minimum atomic E-state index is -2.83. The van der Waals surface area contributed by atoms with Crippen LogP contribution in [0.2, 0.25) is 0 Å². The molecule has 2 nitrogen and oxygen atoms in total. The zero-order valence-electron chi connectivity index (χ0n) is 10.7. The summed E-state index contributed by atoms with van der Waals surface area (Å²) < 4.78 is 28.6. The SMILES string of the molecule is CC(C)C(=O)c1ccc2cc(OC(F)F)ccc2c1. The standard InChI is InChI=1S/C15H14F2O2/c1-9(2)14(18)12-4-3-11-8-13(19-15(16)17)6-5-10(11)7-12/h3-9,15H,1-2H3. The molecule has 0 aliphatic rings. The Morgan fingerprint density at radius 2 is 1.68 bits per heavy atom. The molecule has 2 rings (SSSR count). The van der Waals surface area contributed by atoms with Gasteiger partial charge in [-0.1, -0.05) is 32.0 Å². The topological polar surface area (TPSA) is 26.3 Å². The number of rotatable bonds is 4. The zero-order valence-corrected chi connectivity index (χ0v) is 10.7. The Balaban J connectivity index is 2.38. The summed E-state index contributed by atoms with van der Waals surface area (Å²) in [4.78, 5) is 11.9. The highest BCUT2D eigenvalue weighted by atomic mass is 19.3. The number of halogens is 2. The van der Waals surface area contributed by atoms with E-state index in [0.29, 0.717) is 5.56 Å². The largest absolute Gasteiger partial charge is 0.435 e. The molecule has 0 bridgehead atoms. The van der Waals surface area contributed by atoms with Gasteiger partial charge in [0, 0.05) is 11.5 Å². The van der Waals surface area contributed by atoms with Gasteiger partial charge in [-0.3, -0.25) is 4.79 Å². The molecule has 0 aromatic heterocycles. The number of hydrogen-bond acceptors (Lipinski definition) is 2. The Hall–Kier alpha value is -1.97. The number of ether oxygens (including phenoxy) is 1. The molecule has 0 saturated heterocycles. The third-order valence-corrected chi connectivity index (χ3v) is 2.85. The van der Waals surface area contributed by atoms with Crippen molar-refractivity contribution >= 4 is 16.6 Å². The van der Waals surface area contributed by atoms with Crippen molar-refractivity contribution in [2.75, 3.05) is 0 Å². The molecule has 19 heavy (non-hydrogen) atoms. The minimum absolute atomic E-state index is 0.0646. The summed E-state index contributed by atoms with van der Waals surface area (Å²) in [7, 11) is 0. The van der Waals surface area contributed by atoms with Gasteiger partial charge in [0.15, 0.2) is 5.78 Å². The smallest absolute Gasteiger partial charge is 0.387 e. The number of carbonyl (C=O) groups is 1. The molecule has 0 aliphatic carbocycles. The van der Waals surface area contributed by atoms with E-state index >= 15 is 0 Å². The molecular formula is C15H14F2O2. The summed E-state index contributed by atoms with van der Waals surface area (Å²) in [6, 6.07) is 9.89. The highest BCUT2D eigenvalue weighted by molar-refractivity contribution is 6.01. The maximum absolute atomic E-state index is 12.1. The van der Waals surface area contributed by atoms with Gasteiger partial charge in [0.05, 0.1) is 0 Å². The van der Waals surface area contributed by atoms with Gasteiger partial charge in [-0.2, -0.15) is 8.78 Å². The van der Waals surface area contributed by atoms with E-state index in [1.54, 1.807) is 24.3 Å². The molecule has 0 aliphatic heterocycles. The first-order valence-electron chi connectivity index (χ1n) is 6.00. The number of benzene rings is 2. The first-order chi connectivity index (χ1) is 8.97. The predicted molar refractivity (Wildman–Crippen MR) is 69.7 cm³/mol. The van der Waals surface area contributed by atoms with Crippen molar-refractivity contribution in [2.24, 2.45) is 5.92 Å². The lowest BCUT2D eigenvalue weighted by Crippen LogP contribution is -2.07. The fourth-order valence-electron chi connectivity index (χ4n) is 1.89. The fourth-order valence-corrected chi connectivity index (χ4v) is 1.89. The average Bonchev–Trinajstić information content (AvgIpc) is 2.36. The van der Waals surface area contributed by atoms with Crippen molar-refractivity contribution in [1.82, 2.24) is 0 Å². The molecule has 0 saturated carbocycles. The third-order valence-electron chi connectivity index (χ3n) is 2.85. The van der Waals surface area contributed by atoms with Crippen molar-refractivity contribution < 1.29 is 18.3 Å². The second-order valence-corrected chi connectivity index (χ2v) is 4.62. The van der Waals surface area contributed by atoms with E-state index < -0.39 is 6.61 Å². The van der Waals surface area contributed by atoms with E-state index in [1.165, 1.54) is 12.1 Å². The Bertz CT molecular complexity index is 606. The highest BCUT2D eigenvalue weighted by Crippen LogP contribution is 2.24. The lowest BCUT2D eigenvalue weighted by molar-refractivity contribution is -0.0497. The molecule has 0 radical (unpaired) electrons. The molecule has 4 heteroatoms. The number of carbonyl (C=O) groups excluding carboxylic acids is 1. The fraction of sp³-hybridized carbons (Fsp3) is 0.267. The van der Waals surface area contributed by atoms with Gasteiger partial charge in [-0.15, -0.1) is 0 Å². The molecule has 100 valence electrons. The van der Waals surface area contributed by atoms with Gasteiger partial charge in [0.1, 0.15) is 5.75 Å². The van der Waals surface area contributed by atoms with Crippen LogP contribution in [0.5, 0.6) is 5.75 Å². The van der Waals surface area contributed by atoms with Gasteiger partial charge >= 0.3 is 6.61 Å². The number of alkyl halides is 2. The summed E-state index contributed by atoms with van der Waals surface area (Å²) in [5, 5.41) is 1.59. The molecule has 0 fully saturated rings. The van der Waals surface area contributed by atoms with E-state index in [4.69, 9.17) is 0 Å². The third kappa shape index (κ3) is 3.08. The van der Waals surface area contributed by atoms with Crippen LogP contribution in [0.15, 0.2) is 36.4 Å². The highest BCUT2D eigenvalue weighted by Gasteiger charge is 2.11. The van der Waals surface area contributed by atoms with Crippen molar-refractivity contribution in [3.8, 4) is 5.75 Å². The average molecular weight is 264 g/mol. The van der Waals surface area contributed by atoms with Crippen LogP contribution >= 0.6 is 0 Å². The number of Topliss-reactive ketones (excluding diaryl/α,β-unsaturated/α-hetero) is 1. The van der Waals surface area contributed by atoms with Crippen molar-refractivity contribution in [3.63, 3.8) is 0 Å². The number of hydrogen-bond donors (Lipinski definition) is 0. The van der Waals surface area contributed by atoms with Crippen molar-refractivity contribution in [3.05, 3.63) is 42.0 Å². The zero-order chi connectivity index (χ0) is 14.0. The van der Waals surface area contributed by atoms with Crippen LogP contribution in [-0.2, 0) is 0 Å². The summed E-state index contributed by atoms with van der Waals surface area (Å²) in [6.07, 6.45) is 0. The summed E-state index contributed by atoms with van der Waals surface area (Å²) in [5.74, 6) is 0.110. The van der Waals surface area contributed by atoms with Gasteiger partial charge < -0.3 is 4.74 Å². The second kappa shape index (κ2) is 5.34. The van der Waals surface area contributed by atoms with E-state index in [-0.39, 0.29) is 17.5 Å². The molecule has 0 atom stereocenters. The molecule has 0 N–H and O–H groups in total. The van der Waals surface area contributed by atoms with Crippen LogP contribution in [0.3, 0.4) is 0 Å². The van der Waals surface area contributed by atoms with Gasteiger partial charge in [-0.25, -0.2) is 0 Å². The van der Waals surface area contributed by atoms with Crippen LogP contribution in [0.25, 0.3) is 10.8 Å². The van der Waals surface area contributed by atoms with E-state index in [1.807, 2.05) is 13.8 Å².